The predicted octanol–water partition coefficient (Wildman–Crippen LogP) is 2.23. The smallest absolute Gasteiger partial charge is 0.181 e. The van der Waals surface area contributed by atoms with Crippen molar-refractivity contribution in [3.63, 3.8) is 0 Å². The zero-order valence-electron chi connectivity index (χ0n) is 11.1. The number of thioether (sulfide) groups is 1. The third-order valence-electron chi connectivity index (χ3n) is 3.40. The number of methoxy groups -OCH3 is 1. The van der Waals surface area contributed by atoms with Gasteiger partial charge in [0.15, 0.2) is 5.78 Å². The molecule has 0 aromatic heterocycles. The van der Waals surface area contributed by atoms with Gasteiger partial charge in [0.1, 0.15) is 5.75 Å². The fourth-order valence-corrected chi connectivity index (χ4v) is 3.39. The van der Waals surface area contributed by atoms with Crippen molar-refractivity contribution in [3.8, 4) is 5.75 Å². The molecule has 2 rings (SSSR count). The molecular weight excluding hydrogens is 246 g/mol. The van der Waals surface area contributed by atoms with Crippen LogP contribution in [0.1, 0.15) is 15.9 Å². The number of aryl methyl sites for hydroxylation is 1. The lowest BCUT2D eigenvalue weighted by atomic mass is 9.99. The number of likely N-dealkylation sites (N-methyl/N-ethyl adjacent to an activating group) is 1. The van der Waals surface area contributed by atoms with Crippen LogP contribution in [-0.4, -0.2) is 48.9 Å². The largest absolute Gasteiger partial charge is 0.497 e. The Labute approximate surface area is 113 Å². The first kappa shape index (κ1) is 13.4. The first-order chi connectivity index (χ1) is 8.63. The molecule has 1 aromatic rings. The Morgan fingerprint density at radius 1 is 1.50 bits per heavy atom. The number of ether oxygens (including phenoxy) is 1. The molecule has 0 saturated carbocycles. The number of hydrogen-bond acceptors (Lipinski definition) is 4. The van der Waals surface area contributed by atoms with Crippen molar-refractivity contribution < 1.29 is 9.53 Å². The molecule has 4 heteroatoms. The molecule has 0 N–H and O–H groups in total. The molecule has 98 valence electrons. The van der Waals surface area contributed by atoms with Crippen molar-refractivity contribution in [1.29, 1.82) is 0 Å². The molecule has 1 atom stereocenters. The van der Waals surface area contributed by atoms with Gasteiger partial charge in [-0.15, -0.1) is 0 Å². The summed E-state index contributed by atoms with van der Waals surface area (Å²) >= 11 is 1.86. The van der Waals surface area contributed by atoms with E-state index in [1.54, 1.807) is 7.11 Å². The molecule has 0 spiro atoms. The molecular formula is C14H19NO2S. The Kier molecular flexibility index (Phi) is 4.30. The molecule has 3 nitrogen and oxygen atoms in total. The van der Waals surface area contributed by atoms with Crippen LogP contribution in [0.2, 0.25) is 0 Å². The molecule has 1 fully saturated rings. The van der Waals surface area contributed by atoms with Crippen LogP contribution < -0.4 is 4.74 Å². The summed E-state index contributed by atoms with van der Waals surface area (Å²) in [5.41, 5.74) is 1.80. The quantitative estimate of drug-likeness (QED) is 0.784. The second kappa shape index (κ2) is 5.76. The van der Waals surface area contributed by atoms with E-state index < -0.39 is 0 Å². The molecule has 1 heterocycles. The highest BCUT2D eigenvalue weighted by atomic mass is 32.2. The Bertz CT molecular complexity index is 447. The SMILES string of the molecule is COc1ccc(C(=O)C2CSCCN2C)c(C)c1. The number of carbonyl (C=O) groups is 1. The van der Waals surface area contributed by atoms with Gasteiger partial charge in [-0.3, -0.25) is 9.69 Å². The Morgan fingerprint density at radius 2 is 2.28 bits per heavy atom. The number of nitrogens with zero attached hydrogens (tertiary/aromatic N) is 1. The summed E-state index contributed by atoms with van der Waals surface area (Å²) in [4.78, 5) is 14.7. The van der Waals surface area contributed by atoms with E-state index in [0.717, 1.165) is 34.9 Å². The second-order valence-corrected chi connectivity index (χ2v) is 5.77. The van der Waals surface area contributed by atoms with Crippen molar-refractivity contribution in [2.75, 3.05) is 32.2 Å². The maximum absolute atomic E-state index is 12.5. The number of rotatable bonds is 3. The number of carbonyl (C=O) groups excluding carboxylic acids is 1. The van der Waals surface area contributed by atoms with Crippen LogP contribution in [0.15, 0.2) is 18.2 Å². The van der Waals surface area contributed by atoms with Crippen LogP contribution >= 0.6 is 11.8 Å². The van der Waals surface area contributed by atoms with Crippen LogP contribution in [0.4, 0.5) is 0 Å². The maximum Gasteiger partial charge on any atom is 0.181 e. The van der Waals surface area contributed by atoms with Gasteiger partial charge in [0.05, 0.1) is 13.2 Å². The van der Waals surface area contributed by atoms with E-state index >= 15 is 0 Å². The van der Waals surface area contributed by atoms with Gasteiger partial charge in [-0.1, -0.05) is 0 Å². The summed E-state index contributed by atoms with van der Waals surface area (Å²) in [6.07, 6.45) is 0. The summed E-state index contributed by atoms with van der Waals surface area (Å²) in [5, 5.41) is 0. The van der Waals surface area contributed by atoms with Gasteiger partial charge in [0.2, 0.25) is 0 Å². The normalized spacial score (nSPS) is 20.7. The highest BCUT2D eigenvalue weighted by Gasteiger charge is 2.27. The lowest BCUT2D eigenvalue weighted by molar-refractivity contribution is 0.0874. The predicted molar refractivity (Wildman–Crippen MR) is 75.8 cm³/mol. The lowest BCUT2D eigenvalue weighted by Gasteiger charge is -2.31. The molecule has 0 amide bonds. The second-order valence-electron chi connectivity index (χ2n) is 4.62. The standard InChI is InChI=1S/C14H19NO2S/c1-10-8-11(17-3)4-5-12(10)14(16)13-9-18-7-6-15(13)2/h4-5,8,13H,6-7,9H2,1-3H3. The topological polar surface area (TPSA) is 29.5 Å². The van der Waals surface area contributed by atoms with E-state index in [1.807, 2.05) is 43.9 Å². The van der Waals surface area contributed by atoms with E-state index in [4.69, 9.17) is 4.74 Å². The van der Waals surface area contributed by atoms with Gasteiger partial charge in [-0.25, -0.2) is 0 Å². The highest BCUT2D eigenvalue weighted by Crippen LogP contribution is 2.22. The number of benzene rings is 1. The zero-order valence-corrected chi connectivity index (χ0v) is 11.9. The molecule has 1 aliphatic heterocycles. The third-order valence-corrected chi connectivity index (χ3v) is 4.42. The summed E-state index contributed by atoms with van der Waals surface area (Å²) in [6.45, 7) is 2.95. The Morgan fingerprint density at radius 3 is 2.89 bits per heavy atom. The van der Waals surface area contributed by atoms with E-state index in [9.17, 15) is 4.79 Å². The van der Waals surface area contributed by atoms with Crippen molar-refractivity contribution in [2.24, 2.45) is 0 Å². The van der Waals surface area contributed by atoms with Crippen molar-refractivity contribution in [3.05, 3.63) is 29.3 Å². The van der Waals surface area contributed by atoms with Crippen LogP contribution in [-0.2, 0) is 0 Å². The molecule has 0 radical (unpaired) electrons. The van der Waals surface area contributed by atoms with Crippen molar-refractivity contribution in [1.82, 2.24) is 4.90 Å². The Hall–Kier alpha value is -1.00. The summed E-state index contributed by atoms with van der Waals surface area (Å²) in [5.74, 6) is 3.03. The maximum atomic E-state index is 12.5. The molecule has 1 saturated heterocycles. The highest BCUT2D eigenvalue weighted by molar-refractivity contribution is 7.99. The monoisotopic (exact) mass is 265 g/mol. The van der Waals surface area contributed by atoms with Crippen LogP contribution in [0.5, 0.6) is 5.75 Å². The summed E-state index contributed by atoms with van der Waals surface area (Å²) in [6, 6.07) is 5.67. The number of hydrogen-bond donors (Lipinski definition) is 0. The van der Waals surface area contributed by atoms with Gasteiger partial charge in [0, 0.05) is 23.6 Å². The summed E-state index contributed by atoms with van der Waals surface area (Å²) < 4.78 is 5.17. The number of Topliss-reactive ketones (excluding diaryl/α,β-unsaturated/α-hetero) is 1. The molecule has 1 aliphatic rings. The van der Waals surface area contributed by atoms with Gasteiger partial charge in [-0.05, 0) is 37.7 Å². The molecule has 1 unspecified atom stereocenters. The molecule has 0 bridgehead atoms. The minimum Gasteiger partial charge on any atom is -0.497 e. The van der Waals surface area contributed by atoms with E-state index in [0.29, 0.717) is 0 Å². The van der Waals surface area contributed by atoms with Crippen LogP contribution in [0, 0.1) is 6.92 Å². The first-order valence-corrected chi connectivity index (χ1v) is 7.26. The van der Waals surface area contributed by atoms with Gasteiger partial charge >= 0.3 is 0 Å². The van der Waals surface area contributed by atoms with Gasteiger partial charge in [-0.2, -0.15) is 11.8 Å². The van der Waals surface area contributed by atoms with E-state index in [2.05, 4.69) is 4.90 Å². The molecule has 18 heavy (non-hydrogen) atoms. The first-order valence-electron chi connectivity index (χ1n) is 6.10. The fraction of sp³-hybridized carbons (Fsp3) is 0.500. The molecule has 0 aliphatic carbocycles. The average molecular weight is 265 g/mol. The zero-order chi connectivity index (χ0) is 13.1. The van der Waals surface area contributed by atoms with E-state index in [-0.39, 0.29) is 11.8 Å². The van der Waals surface area contributed by atoms with Crippen molar-refractivity contribution >= 4 is 17.5 Å². The number of ketones is 1. The third kappa shape index (κ3) is 2.70. The lowest BCUT2D eigenvalue weighted by Crippen LogP contribution is -2.44. The van der Waals surface area contributed by atoms with E-state index in [1.165, 1.54) is 0 Å². The minimum absolute atomic E-state index is 0.0100. The minimum atomic E-state index is 0.0100. The van der Waals surface area contributed by atoms with Crippen LogP contribution in [0.3, 0.4) is 0 Å². The fourth-order valence-electron chi connectivity index (χ4n) is 2.18. The van der Waals surface area contributed by atoms with Gasteiger partial charge in [0.25, 0.3) is 0 Å². The Balaban J connectivity index is 2.22. The van der Waals surface area contributed by atoms with Crippen LogP contribution in [0.25, 0.3) is 0 Å². The van der Waals surface area contributed by atoms with Crippen molar-refractivity contribution in [2.45, 2.75) is 13.0 Å². The average Bonchev–Trinajstić information content (AvgIpc) is 2.38. The van der Waals surface area contributed by atoms with Gasteiger partial charge < -0.3 is 4.74 Å². The molecule has 1 aromatic carbocycles. The summed E-state index contributed by atoms with van der Waals surface area (Å²) in [7, 11) is 3.67.